The van der Waals surface area contributed by atoms with Crippen LogP contribution in [0.1, 0.15) is 38.2 Å². The minimum absolute atomic E-state index is 0.0581. The van der Waals surface area contributed by atoms with Gasteiger partial charge in [0, 0.05) is 16.7 Å². The Morgan fingerprint density at radius 1 is 1.35 bits per heavy atom. The van der Waals surface area contributed by atoms with Crippen molar-refractivity contribution in [1.82, 2.24) is 5.32 Å². The molecule has 1 aromatic rings. The van der Waals surface area contributed by atoms with Crippen molar-refractivity contribution in [3.05, 3.63) is 29.6 Å². The summed E-state index contributed by atoms with van der Waals surface area (Å²) in [6.45, 7) is 3.76. The van der Waals surface area contributed by atoms with E-state index in [9.17, 15) is 4.39 Å². The SMILES string of the molecule is CCNCc1cccc(F)c1SC1CCCC1. The molecule has 0 aromatic heterocycles. The largest absolute Gasteiger partial charge is 0.313 e. The highest BCUT2D eigenvalue weighted by molar-refractivity contribution is 8.00. The Bertz CT molecular complexity index is 361. The van der Waals surface area contributed by atoms with Gasteiger partial charge in [0.05, 0.1) is 0 Å². The molecule has 0 radical (unpaired) electrons. The van der Waals surface area contributed by atoms with Crippen LogP contribution >= 0.6 is 11.8 Å². The van der Waals surface area contributed by atoms with Gasteiger partial charge in [0.15, 0.2) is 0 Å². The number of halogens is 1. The summed E-state index contributed by atoms with van der Waals surface area (Å²) in [6, 6.07) is 5.41. The standard InChI is InChI=1S/C14H20FNS/c1-2-16-10-11-6-5-9-13(15)14(11)17-12-7-3-4-8-12/h5-6,9,12,16H,2-4,7-8,10H2,1H3. The summed E-state index contributed by atoms with van der Waals surface area (Å²) in [5, 5.41) is 3.89. The lowest BCUT2D eigenvalue weighted by atomic mass is 10.2. The van der Waals surface area contributed by atoms with Gasteiger partial charge in [0.2, 0.25) is 0 Å². The van der Waals surface area contributed by atoms with Crippen molar-refractivity contribution < 1.29 is 4.39 Å². The van der Waals surface area contributed by atoms with Gasteiger partial charge in [-0.25, -0.2) is 4.39 Å². The van der Waals surface area contributed by atoms with Gasteiger partial charge in [-0.15, -0.1) is 11.8 Å². The van der Waals surface area contributed by atoms with E-state index < -0.39 is 0 Å². The second kappa shape index (κ2) is 6.41. The van der Waals surface area contributed by atoms with Crippen molar-refractivity contribution in [2.75, 3.05) is 6.54 Å². The van der Waals surface area contributed by atoms with Crippen LogP contribution in [0.4, 0.5) is 4.39 Å². The second-order valence-electron chi connectivity index (χ2n) is 4.53. The molecule has 0 unspecified atom stereocenters. The lowest BCUT2D eigenvalue weighted by Gasteiger charge is -2.14. The monoisotopic (exact) mass is 253 g/mol. The average molecular weight is 253 g/mol. The zero-order valence-electron chi connectivity index (χ0n) is 10.3. The first kappa shape index (κ1) is 12.9. The van der Waals surface area contributed by atoms with Crippen LogP contribution in [0.25, 0.3) is 0 Å². The molecule has 1 aromatic carbocycles. The summed E-state index contributed by atoms with van der Waals surface area (Å²) < 4.78 is 13.9. The Morgan fingerprint density at radius 2 is 2.12 bits per heavy atom. The van der Waals surface area contributed by atoms with Gasteiger partial charge in [0.1, 0.15) is 5.82 Å². The Hall–Kier alpha value is -0.540. The van der Waals surface area contributed by atoms with E-state index in [-0.39, 0.29) is 5.82 Å². The molecule has 1 aliphatic carbocycles. The van der Waals surface area contributed by atoms with Crippen LogP contribution in [-0.2, 0) is 6.54 Å². The summed E-state index contributed by atoms with van der Waals surface area (Å²) in [6.07, 6.45) is 5.07. The van der Waals surface area contributed by atoms with Crippen molar-refractivity contribution in [2.24, 2.45) is 0 Å². The third-order valence-corrected chi connectivity index (χ3v) is 4.70. The minimum Gasteiger partial charge on any atom is -0.313 e. The fourth-order valence-electron chi connectivity index (χ4n) is 2.26. The first-order chi connectivity index (χ1) is 8.31. The van der Waals surface area contributed by atoms with Gasteiger partial charge in [-0.3, -0.25) is 0 Å². The maximum Gasteiger partial charge on any atom is 0.137 e. The average Bonchev–Trinajstić information content (AvgIpc) is 2.83. The number of hydrogen-bond donors (Lipinski definition) is 1. The van der Waals surface area contributed by atoms with Crippen molar-refractivity contribution in [3.8, 4) is 0 Å². The molecule has 0 saturated heterocycles. The molecule has 2 rings (SSSR count). The molecule has 0 amide bonds. The second-order valence-corrected chi connectivity index (χ2v) is 5.84. The molecule has 0 spiro atoms. The molecular weight excluding hydrogens is 233 g/mol. The Labute approximate surface area is 107 Å². The summed E-state index contributed by atoms with van der Waals surface area (Å²) >= 11 is 1.74. The molecule has 1 aliphatic rings. The van der Waals surface area contributed by atoms with Crippen LogP contribution in [0.15, 0.2) is 23.1 Å². The number of thioether (sulfide) groups is 1. The molecule has 1 saturated carbocycles. The van der Waals surface area contributed by atoms with E-state index in [0.717, 1.165) is 23.5 Å². The summed E-state index contributed by atoms with van der Waals surface area (Å²) in [7, 11) is 0. The van der Waals surface area contributed by atoms with Crippen LogP contribution < -0.4 is 5.32 Å². The van der Waals surface area contributed by atoms with Crippen LogP contribution in [0.5, 0.6) is 0 Å². The van der Waals surface area contributed by atoms with Crippen molar-refractivity contribution in [1.29, 1.82) is 0 Å². The van der Waals surface area contributed by atoms with E-state index in [4.69, 9.17) is 0 Å². The predicted molar refractivity (Wildman–Crippen MR) is 71.9 cm³/mol. The smallest absolute Gasteiger partial charge is 0.137 e. The number of nitrogens with one attached hydrogen (secondary N) is 1. The number of hydrogen-bond acceptors (Lipinski definition) is 2. The predicted octanol–water partition coefficient (Wildman–Crippen LogP) is 3.97. The molecule has 0 bridgehead atoms. The summed E-state index contributed by atoms with van der Waals surface area (Å²) in [5.41, 5.74) is 1.10. The van der Waals surface area contributed by atoms with Crippen LogP contribution in [0.3, 0.4) is 0 Å². The molecule has 0 atom stereocenters. The van der Waals surface area contributed by atoms with E-state index in [1.54, 1.807) is 23.9 Å². The van der Waals surface area contributed by atoms with E-state index in [0.29, 0.717) is 5.25 Å². The zero-order chi connectivity index (χ0) is 12.1. The van der Waals surface area contributed by atoms with Gasteiger partial charge in [0.25, 0.3) is 0 Å². The van der Waals surface area contributed by atoms with E-state index in [1.165, 1.54) is 25.7 Å². The topological polar surface area (TPSA) is 12.0 Å². The Kier molecular flexibility index (Phi) is 4.86. The van der Waals surface area contributed by atoms with Crippen molar-refractivity contribution in [2.45, 2.75) is 49.3 Å². The normalized spacial score (nSPS) is 16.6. The summed E-state index contributed by atoms with van der Waals surface area (Å²) in [5.74, 6) is -0.0581. The fourth-order valence-corrected chi connectivity index (χ4v) is 3.63. The lowest BCUT2D eigenvalue weighted by molar-refractivity contribution is 0.591. The Balaban J connectivity index is 2.11. The van der Waals surface area contributed by atoms with Crippen molar-refractivity contribution in [3.63, 3.8) is 0 Å². The van der Waals surface area contributed by atoms with Gasteiger partial charge >= 0.3 is 0 Å². The molecule has 0 aliphatic heterocycles. The maximum absolute atomic E-state index is 13.9. The van der Waals surface area contributed by atoms with Gasteiger partial charge in [-0.1, -0.05) is 31.9 Å². The van der Waals surface area contributed by atoms with Crippen LogP contribution in [0.2, 0.25) is 0 Å². The number of rotatable bonds is 5. The zero-order valence-corrected chi connectivity index (χ0v) is 11.2. The molecule has 94 valence electrons. The molecule has 1 nitrogen and oxygen atoms in total. The van der Waals surface area contributed by atoms with E-state index >= 15 is 0 Å². The summed E-state index contributed by atoms with van der Waals surface area (Å²) in [4.78, 5) is 0.861. The first-order valence-electron chi connectivity index (χ1n) is 6.46. The van der Waals surface area contributed by atoms with Crippen molar-refractivity contribution >= 4 is 11.8 Å². The van der Waals surface area contributed by atoms with Gasteiger partial charge in [-0.2, -0.15) is 0 Å². The molecular formula is C14H20FNS. The fraction of sp³-hybridized carbons (Fsp3) is 0.571. The molecule has 1 fully saturated rings. The highest BCUT2D eigenvalue weighted by Gasteiger charge is 2.19. The molecule has 1 N–H and O–H groups in total. The van der Waals surface area contributed by atoms with Gasteiger partial charge in [-0.05, 0) is 31.0 Å². The van der Waals surface area contributed by atoms with Crippen LogP contribution in [0, 0.1) is 5.82 Å². The lowest BCUT2D eigenvalue weighted by Crippen LogP contribution is -2.13. The third-order valence-electron chi connectivity index (χ3n) is 3.20. The van der Waals surface area contributed by atoms with Crippen LogP contribution in [-0.4, -0.2) is 11.8 Å². The minimum atomic E-state index is -0.0581. The van der Waals surface area contributed by atoms with E-state index in [1.807, 2.05) is 6.07 Å². The van der Waals surface area contributed by atoms with Gasteiger partial charge < -0.3 is 5.32 Å². The molecule has 3 heteroatoms. The Morgan fingerprint density at radius 3 is 2.82 bits per heavy atom. The quantitative estimate of drug-likeness (QED) is 0.852. The maximum atomic E-state index is 13.9. The first-order valence-corrected chi connectivity index (χ1v) is 7.34. The highest BCUT2D eigenvalue weighted by Crippen LogP contribution is 2.37. The highest BCUT2D eigenvalue weighted by atomic mass is 32.2. The third kappa shape index (κ3) is 3.46. The molecule has 0 heterocycles. The number of benzene rings is 1. The molecule has 17 heavy (non-hydrogen) atoms. The van der Waals surface area contributed by atoms with E-state index in [2.05, 4.69) is 12.2 Å².